The van der Waals surface area contributed by atoms with Gasteiger partial charge in [-0.1, -0.05) is 12.1 Å². The van der Waals surface area contributed by atoms with E-state index in [0.717, 1.165) is 46.4 Å². The molecule has 0 unspecified atom stereocenters. The van der Waals surface area contributed by atoms with Gasteiger partial charge < -0.3 is 4.74 Å². The molecule has 0 radical (unpaired) electrons. The standard InChI is InChI=1S/C21H28FN3O5S2/c1-23(32(28,29)21-9-5-19(22)6-10-21)15-16-31(26,27)25-13-11-24(12-14-25)17-18-3-7-20(30-2)8-4-18/h3-10H,11-17H2,1-2H3. The van der Waals surface area contributed by atoms with Crippen LogP contribution in [0.2, 0.25) is 0 Å². The molecule has 2 aromatic rings. The van der Waals surface area contributed by atoms with Gasteiger partial charge in [-0.2, -0.15) is 8.61 Å². The average molecular weight is 486 g/mol. The summed E-state index contributed by atoms with van der Waals surface area (Å²) >= 11 is 0. The van der Waals surface area contributed by atoms with Crippen molar-refractivity contribution in [1.29, 1.82) is 0 Å². The Morgan fingerprint density at radius 2 is 1.53 bits per heavy atom. The van der Waals surface area contributed by atoms with Gasteiger partial charge in [0.15, 0.2) is 0 Å². The first-order chi connectivity index (χ1) is 15.1. The van der Waals surface area contributed by atoms with E-state index in [-0.39, 0.29) is 17.2 Å². The second kappa shape index (κ2) is 10.3. The second-order valence-electron chi connectivity index (χ2n) is 7.62. The molecule has 11 heteroatoms. The quantitative estimate of drug-likeness (QED) is 0.536. The number of hydrogen-bond donors (Lipinski definition) is 0. The fourth-order valence-corrected chi connectivity index (χ4v) is 6.20. The molecule has 0 N–H and O–H groups in total. The summed E-state index contributed by atoms with van der Waals surface area (Å²) in [6.45, 7) is 2.43. The summed E-state index contributed by atoms with van der Waals surface area (Å²) in [6.07, 6.45) is 0. The lowest BCUT2D eigenvalue weighted by atomic mass is 10.2. The number of nitrogens with zero attached hydrogens (tertiary/aromatic N) is 3. The molecule has 0 spiro atoms. The minimum Gasteiger partial charge on any atom is -0.497 e. The molecule has 1 saturated heterocycles. The summed E-state index contributed by atoms with van der Waals surface area (Å²) in [4.78, 5) is 2.10. The molecule has 0 aliphatic carbocycles. The number of sulfonamides is 2. The lowest BCUT2D eigenvalue weighted by Crippen LogP contribution is -2.49. The van der Waals surface area contributed by atoms with Gasteiger partial charge in [0.05, 0.1) is 17.8 Å². The summed E-state index contributed by atoms with van der Waals surface area (Å²) in [5, 5.41) is 0. The van der Waals surface area contributed by atoms with Crippen LogP contribution in [-0.4, -0.2) is 83.0 Å². The Bertz CT molecular complexity index is 1100. The fraction of sp³-hybridized carbons (Fsp3) is 0.429. The fourth-order valence-electron chi connectivity index (χ4n) is 3.43. The van der Waals surface area contributed by atoms with Crippen LogP contribution < -0.4 is 4.74 Å². The van der Waals surface area contributed by atoms with Crippen molar-refractivity contribution in [3.05, 3.63) is 59.9 Å². The Balaban J connectivity index is 1.52. The number of methoxy groups -OCH3 is 1. The molecule has 0 bridgehead atoms. The van der Waals surface area contributed by atoms with Crippen molar-refractivity contribution < 1.29 is 26.0 Å². The highest BCUT2D eigenvalue weighted by Crippen LogP contribution is 2.17. The minimum absolute atomic E-state index is 0.0778. The van der Waals surface area contributed by atoms with Gasteiger partial charge in [0.1, 0.15) is 11.6 Å². The van der Waals surface area contributed by atoms with Gasteiger partial charge in [-0.05, 0) is 42.0 Å². The van der Waals surface area contributed by atoms with Crippen molar-refractivity contribution >= 4 is 20.0 Å². The Hall–Kier alpha value is -2.05. The van der Waals surface area contributed by atoms with Crippen molar-refractivity contribution in [3.8, 4) is 5.75 Å². The molecule has 3 rings (SSSR count). The zero-order chi connectivity index (χ0) is 23.4. The smallest absolute Gasteiger partial charge is 0.242 e. The van der Waals surface area contributed by atoms with Crippen molar-refractivity contribution in [2.75, 3.05) is 52.6 Å². The van der Waals surface area contributed by atoms with Gasteiger partial charge in [-0.25, -0.2) is 21.2 Å². The molecular weight excluding hydrogens is 457 g/mol. The van der Waals surface area contributed by atoms with Crippen LogP contribution in [0.3, 0.4) is 0 Å². The lowest BCUT2D eigenvalue weighted by molar-refractivity contribution is 0.181. The molecule has 0 aromatic heterocycles. The molecule has 32 heavy (non-hydrogen) atoms. The van der Waals surface area contributed by atoms with Crippen LogP contribution >= 0.6 is 0 Å². The highest BCUT2D eigenvalue weighted by atomic mass is 32.2. The number of ether oxygens (including phenoxy) is 1. The number of piperazine rings is 1. The molecule has 0 atom stereocenters. The van der Waals surface area contributed by atoms with E-state index < -0.39 is 25.9 Å². The van der Waals surface area contributed by atoms with E-state index in [0.29, 0.717) is 26.2 Å². The van der Waals surface area contributed by atoms with Gasteiger partial charge in [0, 0.05) is 46.3 Å². The highest BCUT2D eigenvalue weighted by Gasteiger charge is 2.29. The van der Waals surface area contributed by atoms with Crippen LogP contribution in [-0.2, 0) is 26.6 Å². The van der Waals surface area contributed by atoms with Crippen LogP contribution in [0.4, 0.5) is 4.39 Å². The Kier molecular flexibility index (Phi) is 7.88. The first kappa shape index (κ1) is 24.6. The van der Waals surface area contributed by atoms with E-state index in [4.69, 9.17) is 4.74 Å². The topological polar surface area (TPSA) is 87.2 Å². The number of benzene rings is 2. The molecule has 1 heterocycles. The summed E-state index contributed by atoms with van der Waals surface area (Å²) in [5.74, 6) is -0.0704. The van der Waals surface area contributed by atoms with Crippen molar-refractivity contribution in [1.82, 2.24) is 13.5 Å². The molecule has 2 aromatic carbocycles. The predicted octanol–water partition coefficient (Wildman–Crippen LogP) is 1.60. The van der Waals surface area contributed by atoms with Crippen LogP contribution in [0.15, 0.2) is 53.4 Å². The summed E-state index contributed by atoms with van der Waals surface area (Å²) in [5.41, 5.74) is 1.12. The predicted molar refractivity (Wildman–Crippen MR) is 120 cm³/mol. The van der Waals surface area contributed by atoms with Gasteiger partial charge in [0.25, 0.3) is 0 Å². The van der Waals surface area contributed by atoms with Gasteiger partial charge in [0.2, 0.25) is 20.0 Å². The van der Waals surface area contributed by atoms with Crippen LogP contribution in [0.5, 0.6) is 5.75 Å². The SMILES string of the molecule is COc1ccc(CN2CCN(S(=O)(=O)CCN(C)S(=O)(=O)c3ccc(F)cc3)CC2)cc1. The molecule has 1 aliphatic rings. The van der Waals surface area contributed by atoms with Crippen LogP contribution in [0, 0.1) is 5.82 Å². The second-order valence-corrected chi connectivity index (χ2v) is 11.8. The Labute approximate surface area is 189 Å². The van der Waals surface area contributed by atoms with Gasteiger partial charge >= 0.3 is 0 Å². The van der Waals surface area contributed by atoms with E-state index in [1.807, 2.05) is 24.3 Å². The highest BCUT2D eigenvalue weighted by molar-refractivity contribution is 7.90. The normalized spacial score (nSPS) is 16.4. The first-order valence-electron chi connectivity index (χ1n) is 10.2. The zero-order valence-electron chi connectivity index (χ0n) is 18.1. The number of hydrogen-bond acceptors (Lipinski definition) is 6. The van der Waals surface area contributed by atoms with Crippen LogP contribution in [0.1, 0.15) is 5.56 Å². The molecule has 0 amide bonds. The van der Waals surface area contributed by atoms with E-state index in [2.05, 4.69) is 4.90 Å². The Morgan fingerprint density at radius 1 is 0.938 bits per heavy atom. The van der Waals surface area contributed by atoms with Crippen LogP contribution in [0.25, 0.3) is 0 Å². The molecule has 1 fully saturated rings. The average Bonchev–Trinajstić information content (AvgIpc) is 2.78. The lowest BCUT2D eigenvalue weighted by Gasteiger charge is -2.34. The van der Waals surface area contributed by atoms with Gasteiger partial charge in [-0.3, -0.25) is 4.90 Å². The summed E-state index contributed by atoms with van der Waals surface area (Å²) < 4.78 is 71.3. The van der Waals surface area contributed by atoms with Crippen molar-refractivity contribution in [2.45, 2.75) is 11.4 Å². The number of halogens is 1. The van der Waals surface area contributed by atoms with E-state index in [1.54, 1.807) is 7.11 Å². The molecular formula is C21H28FN3O5S2. The largest absolute Gasteiger partial charge is 0.497 e. The summed E-state index contributed by atoms with van der Waals surface area (Å²) in [6, 6.07) is 12.2. The molecule has 176 valence electrons. The third kappa shape index (κ3) is 6.04. The summed E-state index contributed by atoms with van der Waals surface area (Å²) in [7, 11) is -4.56. The van der Waals surface area contributed by atoms with E-state index >= 15 is 0 Å². The maximum absolute atomic E-state index is 13.1. The van der Waals surface area contributed by atoms with Gasteiger partial charge in [-0.15, -0.1) is 0 Å². The maximum Gasteiger partial charge on any atom is 0.242 e. The maximum atomic E-state index is 13.1. The van der Waals surface area contributed by atoms with E-state index in [9.17, 15) is 21.2 Å². The molecule has 1 aliphatic heterocycles. The van der Waals surface area contributed by atoms with E-state index in [1.165, 1.54) is 11.4 Å². The molecule has 0 saturated carbocycles. The Morgan fingerprint density at radius 3 is 2.09 bits per heavy atom. The first-order valence-corrected chi connectivity index (χ1v) is 13.2. The third-order valence-electron chi connectivity index (χ3n) is 5.48. The minimum atomic E-state index is -3.89. The zero-order valence-corrected chi connectivity index (χ0v) is 19.8. The van der Waals surface area contributed by atoms with Crippen molar-refractivity contribution in [3.63, 3.8) is 0 Å². The molecule has 8 nitrogen and oxygen atoms in total. The van der Waals surface area contributed by atoms with Crippen molar-refractivity contribution in [2.24, 2.45) is 0 Å². The number of rotatable bonds is 9. The monoisotopic (exact) mass is 485 g/mol. The third-order valence-corrected chi connectivity index (χ3v) is 9.20.